The van der Waals surface area contributed by atoms with Gasteiger partial charge in [0, 0.05) is 17.6 Å². The Morgan fingerprint density at radius 3 is 2.25 bits per heavy atom. The summed E-state index contributed by atoms with van der Waals surface area (Å²) in [5.41, 5.74) is 0.708. The van der Waals surface area contributed by atoms with Crippen LogP contribution in [0.3, 0.4) is 0 Å². The third-order valence-corrected chi connectivity index (χ3v) is 4.90. The average molecular weight is 401 g/mol. The molecular weight excluding hydrogens is 382 g/mol. The summed E-state index contributed by atoms with van der Waals surface area (Å²) in [5.74, 6) is -0.119. The number of nitrogens with zero attached hydrogens (tertiary/aromatic N) is 1. The van der Waals surface area contributed by atoms with Crippen molar-refractivity contribution < 1.29 is 22.7 Å². The number of methoxy groups -OCH3 is 1. The van der Waals surface area contributed by atoms with Crippen LogP contribution in [-0.4, -0.2) is 28.1 Å². The first kappa shape index (κ1) is 20.8. The van der Waals surface area contributed by atoms with E-state index in [1.54, 1.807) is 37.3 Å². The molecule has 0 spiro atoms. The quantitative estimate of drug-likeness (QED) is 0.397. The summed E-state index contributed by atoms with van der Waals surface area (Å²) >= 11 is 0. The van der Waals surface area contributed by atoms with Crippen molar-refractivity contribution in [3.05, 3.63) is 60.3 Å². The predicted octanol–water partition coefficient (Wildman–Crippen LogP) is 2.88. The summed E-state index contributed by atoms with van der Waals surface area (Å²) < 4.78 is 37.2. The number of esters is 1. The van der Waals surface area contributed by atoms with Gasteiger partial charge in [0.2, 0.25) is 0 Å². The number of sulfonamides is 1. The maximum Gasteiger partial charge on any atom is 0.350 e. The molecule has 0 radical (unpaired) electrons. The molecule has 28 heavy (non-hydrogen) atoms. The van der Waals surface area contributed by atoms with Gasteiger partial charge in [0.25, 0.3) is 10.0 Å². The number of carbonyl (C=O) groups excluding carboxylic acids is 1. The van der Waals surface area contributed by atoms with E-state index < -0.39 is 16.0 Å². The smallest absolute Gasteiger partial charge is 0.350 e. The van der Waals surface area contributed by atoms with Crippen molar-refractivity contribution >= 4 is 27.4 Å². The predicted molar refractivity (Wildman–Crippen MR) is 104 cm³/mol. The maximum atomic E-state index is 12.5. The second-order valence-corrected chi connectivity index (χ2v) is 7.08. The van der Waals surface area contributed by atoms with Crippen LogP contribution in [0.4, 0.5) is 11.4 Å². The molecule has 0 fully saturated rings. The Morgan fingerprint density at radius 2 is 1.71 bits per heavy atom. The SMILES string of the molecule is CCOC(=O)/C(C#N)=C\Nc1ccc(S(=O)(=O)Nc2ccc(OC)cc2)cc1. The van der Waals surface area contributed by atoms with E-state index in [1.807, 2.05) is 0 Å². The number of hydrogen-bond acceptors (Lipinski definition) is 7. The van der Waals surface area contributed by atoms with E-state index in [4.69, 9.17) is 14.7 Å². The van der Waals surface area contributed by atoms with Crippen molar-refractivity contribution in [2.75, 3.05) is 23.8 Å². The molecule has 2 N–H and O–H groups in total. The number of benzene rings is 2. The molecule has 0 heterocycles. The van der Waals surface area contributed by atoms with Gasteiger partial charge in [-0.1, -0.05) is 0 Å². The molecule has 0 saturated carbocycles. The minimum Gasteiger partial charge on any atom is -0.497 e. The van der Waals surface area contributed by atoms with Crippen LogP contribution in [0.15, 0.2) is 65.2 Å². The molecule has 0 aliphatic rings. The molecule has 0 aliphatic carbocycles. The highest BCUT2D eigenvalue weighted by Gasteiger charge is 2.14. The van der Waals surface area contributed by atoms with Gasteiger partial charge in [-0.15, -0.1) is 0 Å². The molecule has 0 bridgehead atoms. The fourth-order valence-corrected chi connectivity index (χ4v) is 3.16. The molecule has 2 aromatic rings. The molecule has 0 atom stereocenters. The van der Waals surface area contributed by atoms with Crippen LogP contribution in [0.1, 0.15) is 6.92 Å². The van der Waals surface area contributed by atoms with Crippen molar-refractivity contribution in [3.8, 4) is 11.8 Å². The van der Waals surface area contributed by atoms with E-state index in [0.29, 0.717) is 17.1 Å². The van der Waals surface area contributed by atoms with Crippen LogP contribution in [0.5, 0.6) is 5.75 Å². The van der Waals surface area contributed by atoms with Gasteiger partial charge in [0.15, 0.2) is 5.57 Å². The molecule has 0 saturated heterocycles. The fourth-order valence-electron chi connectivity index (χ4n) is 2.10. The molecule has 146 valence electrons. The van der Waals surface area contributed by atoms with Gasteiger partial charge >= 0.3 is 5.97 Å². The highest BCUT2D eigenvalue weighted by Crippen LogP contribution is 2.20. The lowest BCUT2D eigenvalue weighted by Crippen LogP contribution is -2.12. The van der Waals surface area contributed by atoms with Crippen LogP contribution in [0.2, 0.25) is 0 Å². The Kier molecular flexibility index (Phi) is 7.01. The average Bonchev–Trinajstić information content (AvgIpc) is 2.69. The first-order chi connectivity index (χ1) is 13.4. The summed E-state index contributed by atoms with van der Waals surface area (Å²) in [6, 6.07) is 14.0. The number of nitriles is 1. The van der Waals surface area contributed by atoms with Gasteiger partial charge in [-0.3, -0.25) is 4.72 Å². The zero-order valence-electron chi connectivity index (χ0n) is 15.3. The Morgan fingerprint density at radius 1 is 1.11 bits per heavy atom. The minimum atomic E-state index is -3.77. The van der Waals surface area contributed by atoms with Gasteiger partial charge in [0.1, 0.15) is 11.8 Å². The van der Waals surface area contributed by atoms with Crippen LogP contribution in [-0.2, 0) is 19.6 Å². The Bertz CT molecular complexity index is 991. The number of ether oxygens (including phenoxy) is 2. The zero-order valence-corrected chi connectivity index (χ0v) is 16.1. The molecule has 8 nitrogen and oxygen atoms in total. The van der Waals surface area contributed by atoms with Gasteiger partial charge in [-0.25, -0.2) is 13.2 Å². The topological polar surface area (TPSA) is 118 Å². The lowest BCUT2D eigenvalue weighted by Gasteiger charge is -2.09. The van der Waals surface area contributed by atoms with E-state index >= 15 is 0 Å². The number of carbonyl (C=O) groups is 1. The number of anilines is 2. The van der Waals surface area contributed by atoms with Gasteiger partial charge < -0.3 is 14.8 Å². The summed E-state index contributed by atoms with van der Waals surface area (Å²) in [4.78, 5) is 11.6. The summed E-state index contributed by atoms with van der Waals surface area (Å²) in [6.07, 6.45) is 1.21. The van der Waals surface area contributed by atoms with E-state index in [1.165, 1.54) is 37.6 Å². The molecule has 2 rings (SSSR count). The van der Waals surface area contributed by atoms with Crippen molar-refractivity contribution in [1.29, 1.82) is 5.26 Å². The van der Waals surface area contributed by atoms with Crippen molar-refractivity contribution in [2.45, 2.75) is 11.8 Å². The lowest BCUT2D eigenvalue weighted by molar-refractivity contribution is -0.138. The number of hydrogen-bond donors (Lipinski definition) is 2. The maximum absolute atomic E-state index is 12.5. The normalized spacial score (nSPS) is 11.2. The lowest BCUT2D eigenvalue weighted by atomic mass is 10.3. The number of rotatable bonds is 8. The molecule has 0 aliphatic heterocycles. The fraction of sp³-hybridized carbons (Fsp3) is 0.158. The third-order valence-electron chi connectivity index (χ3n) is 3.51. The van der Waals surface area contributed by atoms with E-state index in [9.17, 15) is 13.2 Å². The first-order valence-corrected chi connectivity index (χ1v) is 9.68. The molecule has 0 aromatic heterocycles. The molecule has 9 heteroatoms. The van der Waals surface area contributed by atoms with E-state index in [-0.39, 0.29) is 17.1 Å². The van der Waals surface area contributed by atoms with Gasteiger partial charge in [0.05, 0.1) is 18.6 Å². The Balaban J connectivity index is 2.10. The second-order valence-electron chi connectivity index (χ2n) is 5.39. The summed E-state index contributed by atoms with van der Waals surface area (Å²) in [7, 11) is -2.24. The zero-order chi connectivity index (χ0) is 20.6. The van der Waals surface area contributed by atoms with Crippen LogP contribution >= 0.6 is 0 Å². The van der Waals surface area contributed by atoms with Crippen LogP contribution < -0.4 is 14.8 Å². The Labute approximate surface area is 163 Å². The molecule has 2 aromatic carbocycles. The minimum absolute atomic E-state index is 0.0590. The van der Waals surface area contributed by atoms with Gasteiger partial charge in [-0.05, 0) is 55.5 Å². The van der Waals surface area contributed by atoms with E-state index in [2.05, 4.69) is 10.0 Å². The largest absolute Gasteiger partial charge is 0.497 e. The van der Waals surface area contributed by atoms with Crippen LogP contribution in [0, 0.1) is 11.3 Å². The highest BCUT2D eigenvalue weighted by atomic mass is 32.2. The van der Waals surface area contributed by atoms with Crippen molar-refractivity contribution in [3.63, 3.8) is 0 Å². The number of nitrogens with one attached hydrogen (secondary N) is 2. The Hall–Kier alpha value is -3.51. The standard InChI is InChI=1S/C19H19N3O5S/c1-3-27-19(23)14(12-20)13-21-15-6-10-18(11-7-15)28(24,25)22-16-4-8-17(26-2)9-5-16/h4-11,13,21-22H,3H2,1-2H3/b14-13-. The molecule has 0 unspecified atom stereocenters. The van der Waals surface area contributed by atoms with Crippen LogP contribution in [0.25, 0.3) is 0 Å². The van der Waals surface area contributed by atoms with Crippen molar-refractivity contribution in [2.24, 2.45) is 0 Å². The first-order valence-electron chi connectivity index (χ1n) is 8.20. The summed E-state index contributed by atoms with van der Waals surface area (Å²) in [6.45, 7) is 1.80. The van der Waals surface area contributed by atoms with E-state index in [0.717, 1.165) is 0 Å². The molecular formula is C19H19N3O5S. The molecule has 0 amide bonds. The third kappa shape index (κ3) is 5.49. The van der Waals surface area contributed by atoms with Crippen molar-refractivity contribution in [1.82, 2.24) is 0 Å². The second kappa shape index (κ2) is 9.43. The van der Waals surface area contributed by atoms with Gasteiger partial charge in [-0.2, -0.15) is 5.26 Å². The monoisotopic (exact) mass is 401 g/mol. The summed E-state index contributed by atoms with van der Waals surface area (Å²) in [5, 5.41) is 11.7. The highest BCUT2D eigenvalue weighted by molar-refractivity contribution is 7.92.